The number of ether oxygens (including phenoxy) is 1. The Morgan fingerprint density at radius 2 is 2.21 bits per heavy atom. The summed E-state index contributed by atoms with van der Waals surface area (Å²) >= 11 is 0. The van der Waals surface area contributed by atoms with Crippen LogP contribution in [0.2, 0.25) is 0 Å². The van der Waals surface area contributed by atoms with E-state index in [1.807, 2.05) is 0 Å². The molecule has 1 aliphatic heterocycles. The fraction of sp³-hybridized carbons (Fsp3) is 0.300. The molecule has 2 unspecified atom stereocenters. The number of carbonyl (C=O) groups is 1. The Hall–Kier alpha value is -1.39. The number of benzene rings is 1. The van der Waals surface area contributed by atoms with Crippen molar-refractivity contribution in [2.45, 2.75) is 12.2 Å². The minimum atomic E-state index is -0.831. The van der Waals surface area contributed by atoms with Gasteiger partial charge in [0, 0.05) is 12.1 Å². The fourth-order valence-corrected chi connectivity index (χ4v) is 1.58. The van der Waals surface area contributed by atoms with E-state index in [1.54, 1.807) is 24.3 Å². The van der Waals surface area contributed by atoms with E-state index < -0.39 is 18.2 Å². The lowest BCUT2D eigenvalue weighted by Crippen LogP contribution is -2.27. The Morgan fingerprint density at radius 3 is 2.93 bits per heavy atom. The zero-order valence-corrected chi connectivity index (χ0v) is 7.51. The maximum Gasteiger partial charge on any atom is 0.339 e. The number of fused-ring (bicyclic) bond motifs is 1. The van der Waals surface area contributed by atoms with Crippen molar-refractivity contribution in [3.05, 3.63) is 35.4 Å². The Morgan fingerprint density at radius 1 is 1.50 bits per heavy atom. The quantitative estimate of drug-likeness (QED) is 0.659. The van der Waals surface area contributed by atoms with E-state index in [4.69, 9.17) is 10.5 Å². The highest BCUT2D eigenvalue weighted by Gasteiger charge is 2.34. The first-order valence-corrected chi connectivity index (χ1v) is 4.42. The average molecular weight is 193 g/mol. The standard InChI is InChI=1S/C10H11NO3/c11-5-8(12)9-6-3-1-2-4-7(6)10(13)14-9/h1-4,8-9,12H,5,11H2. The van der Waals surface area contributed by atoms with E-state index in [0.29, 0.717) is 5.56 Å². The summed E-state index contributed by atoms with van der Waals surface area (Å²) in [6, 6.07) is 7.01. The summed E-state index contributed by atoms with van der Waals surface area (Å²) < 4.78 is 5.02. The second-order valence-electron chi connectivity index (χ2n) is 3.22. The van der Waals surface area contributed by atoms with Crippen LogP contribution in [0, 0.1) is 0 Å². The molecule has 0 bridgehead atoms. The molecule has 0 saturated heterocycles. The average Bonchev–Trinajstić information content (AvgIpc) is 2.56. The molecule has 14 heavy (non-hydrogen) atoms. The first-order chi connectivity index (χ1) is 6.74. The molecule has 4 nitrogen and oxygen atoms in total. The maximum absolute atomic E-state index is 11.3. The van der Waals surface area contributed by atoms with Crippen molar-refractivity contribution in [3.63, 3.8) is 0 Å². The lowest BCUT2D eigenvalue weighted by atomic mass is 10.0. The molecule has 0 aliphatic carbocycles. The van der Waals surface area contributed by atoms with Gasteiger partial charge in [-0.3, -0.25) is 0 Å². The van der Waals surface area contributed by atoms with Gasteiger partial charge in [0.05, 0.1) is 5.56 Å². The van der Waals surface area contributed by atoms with Gasteiger partial charge >= 0.3 is 5.97 Å². The summed E-state index contributed by atoms with van der Waals surface area (Å²) in [4.78, 5) is 11.3. The molecule has 1 aromatic carbocycles. The number of cyclic esters (lactones) is 1. The number of hydrogen-bond acceptors (Lipinski definition) is 4. The molecule has 0 fully saturated rings. The van der Waals surface area contributed by atoms with Crippen LogP contribution >= 0.6 is 0 Å². The van der Waals surface area contributed by atoms with Crippen molar-refractivity contribution < 1.29 is 14.6 Å². The third-order valence-electron chi connectivity index (χ3n) is 2.31. The van der Waals surface area contributed by atoms with Crippen LogP contribution in [0.15, 0.2) is 24.3 Å². The molecular weight excluding hydrogens is 182 g/mol. The predicted molar refractivity (Wildman–Crippen MR) is 49.7 cm³/mol. The molecule has 4 heteroatoms. The molecule has 1 heterocycles. The van der Waals surface area contributed by atoms with Crippen LogP contribution in [-0.4, -0.2) is 23.7 Å². The first kappa shape index (κ1) is 9.18. The van der Waals surface area contributed by atoms with Crippen molar-refractivity contribution in [2.24, 2.45) is 5.73 Å². The van der Waals surface area contributed by atoms with E-state index >= 15 is 0 Å². The monoisotopic (exact) mass is 193 g/mol. The van der Waals surface area contributed by atoms with Gasteiger partial charge in [0.2, 0.25) is 0 Å². The molecular formula is C10H11NO3. The van der Waals surface area contributed by atoms with Crippen LogP contribution in [0.25, 0.3) is 0 Å². The highest BCUT2D eigenvalue weighted by Crippen LogP contribution is 2.32. The van der Waals surface area contributed by atoms with Gasteiger partial charge in [-0.05, 0) is 6.07 Å². The molecule has 1 aliphatic rings. The number of esters is 1. The van der Waals surface area contributed by atoms with Crippen molar-refractivity contribution in [1.82, 2.24) is 0 Å². The van der Waals surface area contributed by atoms with Crippen LogP contribution in [0.3, 0.4) is 0 Å². The molecule has 0 radical (unpaired) electrons. The Balaban J connectivity index is 2.39. The second-order valence-corrected chi connectivity index (χ2v) is 3.22. The summed E-state index contributed by atoms with van der Waals surface area (Å²) in [5, 5.41) is 9.52. The van der Waals surface area contributed by atoms with Crippen LogP contribution in [0.1, 0.15) is 22.0 Å². The Kier molecular flexibility index (Phi) is 2.23. The van der Waals surface area contributed by atoms with E-state index in [2.05, 4.69) is 0 Å². The number of aliphatic hydroxyl groups is 1. The van der Waals surface area contributed by atoms with Crippen molar-refractivity contribution in [3.8, 4) is 0 Å². The molecule has 2 atom stereocenters. The molecule has 0 amide bonds. The number of rotatable bonds is 2. The van der Waals surface area contributed by atoms with Gasteiger partial charge in [0.15, 0.2) is 6.10 Å². The first-order valence-electron chi connectivity index (χ1n) is 4.42. The van der Waals surface area contributed by atoms with Crippen LogP contribution in [0.5, 0.6) is 0 Å². The zero-order chi connectivity index (χ0) is 10.1. The maximum atomic E-state index is 11.3. The summed E-state index contributed by atoms with van der Waals surface area (Å²) in [7, 11) is 0. The van der Waals surface area contributed by atoms with Crippen LogP contribution in [-0.2, 0) is 4.74 Å². The van der Waals surface area contributed by atoms with Gasteiger partial charge in [-0.15, -0.1) is 0 Å². The highest BCUT2D eigenvalue weighted by atomic mass is 16.6. The summed E-state index contributed by atoms with van der Waals surface area (Å²) in [6.45, 7) is 0.0757. The van der Waals surface area contributed by atoms with Crippen LogP contribution < -0.4 is 5.73 Å². The van der Waals surface area contributed by atoms with Gasteiger partial charge in [0.25, 0.3) is 0 Å². The van der Waals surface area contributed by atoms with Gasteiger partial charge in [-0.1, -0.05) is 18.2 Å². The van der Waals surface area contributed by atoms with E-state index in [9.17, 15) is 9.90 Å². The minimum absolute atomic E-state index is 0.0757. The van der Waals surface area contributed by atoms with Gasteiger partial charge in [-0.25, -0.2) is 4.79 Å². The highest BCUT2D eigenvalue weighted by molar-refractivity contribution is 5.94. The third-order valence-corrected chi connectivity index (χ3v) is 2.31. The van der Waals surface area contributed by atoms with Gasteiger partial charge in [-0.2, -0.15) is 0 Å². The van der Waals surface area contributed by atoms with Crippen LogP contribution in [0.4, 0.5) is 0 Å². The Labute approximate surface area is 81.3 Å². The summed E-state index contributed by atoms with van der Waals surface area (Å²) in [5.74, 6) is -0.391. The number of hydrogen-bond donors (Lipinski definition) is 2. The lowest BCUT2D eigenvalue weighted by molar-refractivity contribution is -0.00586. The van der Waals surface area contributed by atoms with E-state index in [0.717, 1.165) is 5.56 Å². The molecule has 2 rings (SSSR count). The van der Waals surface area contributed by atoms with Gasteiger partial charge in [0.1, 0.15) is 6.10 Å². The van der Waals surface area contributed by atoms with E-state index in [-0.39, 0.29) is 6.54 Å². The number of carbonyl (C=O) groups excluding carboxylic acids is 1. The Bertz CT molecular complexity index is 364. The third kappa shape index (κ3) is 1.29. The molecule has 0 saturated carbocycles. The topological polar surface area (TPSA) is 72.6 Å². The fourth-order valence-electron chi connectivity index (χ4n) is 1.58. The summed E-state index contributed by atoms with van der Waals surface area (Å²) in [6.07, 6.45) is -1.44. The number of nitrogens with two attached hydrogens (primary N) is 1. The molecule has 74 valence electrons. The molecule has 3 N–H and O–H groups in total. The molecule has 1 aromatic rings. The SMILES string of the molecule is NCC(O)C1OC(=O)c2ccccc21. The van der Waals surface area contributed by atoms with Gasteiger partial charge < -0.3 is 15.6 Å². The van der Waals surface area contributed by atoms with Crippen molar-refractivity contribution in [2.75, 3.05) is 6.54 Å². The smallest absolute Gasteiger partial charge is 0.339 e. The lowest BCUT2D eigenvalue weighted by Gasteiger charge is -2.15. The minimum Gasteiger partial charge on any atom is -0.451 e. The summed E-state index contributed by atoms with van der Waals surface area (Å²) in [5.41, 5.74) is 6.55. The second kappa shape index (κ2) is 3.40. The van der Waals surface area contributed by atoms with Crippen molar-refractivity contribution >= 4 is 5.97 Å². The largest absolute Gasteiger partial charge is 0.451 e. The van der Waals surface area contributed by atoms with E-state index in [1.165, 1.54) is 0 Å². The number of aliphatic hydroxyl groups excluding tert-OH is 1. The predicted octanol–water partition coefficient (Wildman–Crippen LogP) is 0.218. The normalized spacial score (nSPS) is 21.6. The molecule has 0 aromatic heterocycles. The zero-order valence-electron chi connectivity index (χ0n) is 7.51. The molecule has 0 spiro atoms. The van der Waals surface area contributed by atoms with Crippen molar-refractivity contribution in [1.29, 1.82) is 0 Å².